The van der Waals surface area contributed by atoms with E-state index in [-0.39, 0.29) is 17.4 Å². The predicted octanol–water partition coefficient (Wildman–Crippen LogP) is 4.41. The maximum atomic E-state index is 11.8. The van der Waals surface area contributed by atoms with Gasteiger partial charge in [0, 0.05) is 19.3 Å². The normalized spacial score (nSPS) is 42.0. The van der Waals surface area contributed by atoms with Crippen molar-refractivity contribution >= 4 is 17.7 Å². The number of terminal acetylenes is 1. The quantitative estimate of drug-likeness (QED) is 0.300. The molecule has 0 bridgehead atoms. The summed E-state index contributed by atoms with van der Waals surface area (Å²) in [5, 5.41) is 4.02. The minimum absolute atomic E-state index is 0.133. The molecule has 5 heteroatoms. The SMILES string of the molecule is C#C[C@]1(OC(C)=O)CC[C@H]2[C@@H]3CCC4=CC(=NOC(C)=O)CC[C@@H]4[C@H]3CC[C@@]21C. The molecule has 4 aliphatic carbocycles. The van der Waals surface area contributed by atoms with Crippen LogP contribution in [0.1, 0.15) is 72.1 Å². The lowest BCUT2D eigenvalue weighted by Crippen LogP contribution is -2.53. The van der Waals surface area contributed by atoms with Crippen LogP contribution in [-0.2, 0) is 19.2 Å². The van der Waals surface area contributed by atoms with E-state index in [1.165, 1.54) is 19.4 Å². The van der Waals surface area contributed by atoms with Gasteiger partial charge in [-0.1, -0.05) is 23.6 Å². The summed E-state index contributed by atoms with van der Waals surface area (Å²) in [4.78, 5) is 27.7. The molecule has 0 saturated heterocycles. The van der Waals surface area contributed by atoms with Crippen LogP contribution in [0.25, 0.3) is 0 Å². The number of carbonyl (C=O) groups is 2. The Morgan fingerprint density at radius 1 is 1.10 bits per heavy atom. The van der Waals surface area contributed by atoms with Gasteiger partial charge >= 0.3 is 11.9 Å². The van der Waals surface area contributed by atoms with Crippen LogP contribution in [0.5, 0.6) is 0 Å². The summed E-state index contributed by atoms with van der Waals surface area (Å²) in [6.45, 7) is 5.11. The topological polar surface area (TPSA) is 65.0 Å². The number of nitrogens with zero attached hydrogens (tertiary/aromatic N) is 1. The highest BCUT2D eigenvalue weighted by Gasteiger charge is 2.64. The van der Waals surface area contributed by atoms with Gasteiger partial charge in [0.15, 0.2) is 5.60 Å². The molecule has 0 aromatic rings. The van der Waals surface area contributed by atoms with Gasteiger partial charge in [0.05, 0.1) is 5.71 Å². The van der Waals surface area contributed by atoms with Crippen molar-refractivity contribution in [1.29, 1.82) is 0 Å². The number of carbonyl (C=O) groups excluding carboxylic acids is 2. The molecule has 0 aliphatic heterocycles. The van der Waals surface area contributed by atoms with Crippen molar-refractivity contribution < 1.29 is 19.2 Å². The minimum Gasteiger partial charge on any atom is -0.445 e. The van der Waals surface area contributed by atoms with Crippen LogP contribution in [-0.4, -0.2) is 23.3 Å². The Morgan fingerprint density at radius 3 is 2.59 bits per heavy atom. The largest absolute Gasteiger partial charge is 0.445 e. The van der Waals surface area contributed by atoms with Crippen molar-refractivity contribution in [2.24, 2.45) is 34.2 Å². The fourth-order valence-corrected chi connectivity index (χ4v) is 7.07. The third-order valence-corrected chi connectivity index (χ3v) is 8.28. The molecule has 4 rings (SSSR count). The zero-order valence-corrected chi connectivity index (χ0v) is 17.7. The molecule has 0 aromatic heterocycles. The Kier molecular flexibility index (Phi) is 5.09. The second-order valence-corrected chi connectivity index (χ2v) is 9.56. The summed E-state index contributed by atoms with van der Waals surface area (Å²) < 4.78 is 5.82. The van der Waals surface area contributed by atoms with Crippen LogP contribution in [0.2, 0.25) is 0 Å². The first kappa shape index (κ1) is 20.2. The molecule has 29 heavy (non-hydrogen) atoms. The number of fused-ring (bicyclic) bond motifs is 5. The highest BCUT2D eigenvalue weighted by Crippen LogP contribution is 2.65. The van der Waals surface area contributed by atoms with Crippen LogP contribution in [0, 0.1) is 41.4 Å². The first-order valence-electron chi connectivity index (χ1n) is 10.9. The Hall–Kier alpha value is -2.09. The van der Waals surface area contributed by atoms with Crippen molar-refractivity contribution in [3.05, 3.63) is 11.6 Å². The zero-order chi connectivity index (χ0) is 20.8. The van der Waals surface area contributed by atoms with Gasteiger partial charge in [-0.2, -0.15) is 0 Å². The maximum Gasteiger partial charge on any atom is 0.331 e. The van der Waals surface area contributed by atoms with Crippen LogP contribution >= 0.6 is 0 Å². The van der Waals surface area contributed by atoms with Crippen molar-refractivity contribution in [1.82, 2.24) is 0 Å². The van der Waals surface area contributed by atoms with Gasteiger partial charge in [-0.3, -0.25) is 4.79 Å². The standard InChI is InChI=1S/C24H31NO4/c1-5-24(28-15(2)26)13-11-22-21-8-6-17-14-18(25-29-16(3)27)7-9-19(17)20(21)10-12-23(22,24)4/h1,14,19-22H,6-13H2,2-4H3/t19-,20+,21+,22-,23-,24-/m0/s1. The summed E-state index contributed by atoms with van der Waals surface area (Å²) in [5.74, 6) is 4.66. The molecule has 0 aromatic carbocycles. The van der Waals surface area contributed by atoms with Gasteiger partial charge in [0.1, 0.15) is 0 Å². The highest BCUT2D eigenvalue weighted by atomic mass is 16.7. The number of esters is 1. The van der Waals surface area contributed by atoms with Gasteiger partial charge < -0.3 is 9.57 Å². The van der Waals surface area contributed by atoms with E-state index in [0.717, 1.165) is 57.1 Å². The summed E-state index contributed by atoms with van der Waals surface area (Å²) in [6, 6.07) is 0. The van der Waals surface area contributed by atoms with Crippen LogP contribution in [0.15, 0.2) is 16.8 Å². The van der Waals surface area contributed by atoms with Crippen molar-refractivity contribution in [2.75, 3.05) is 0 Å². The van der Waals surface area contributed by atoms with E-state index >= 15 is 0 Å². The molecular weight excluding hydrogens is 366 g/mol. The number of allylic oxidation sites excluding steroid dienone is 2. The average Bonchev–Trinajstić information content (AvgIpc) is 2.98. The van der Waals surface area contributed by atoms with E-state index in [2.05, 4.69) is 24.1 Å². The Morgan fingerprint density at radius 2 is 1.90 bits per heavy atom. The maximum absolute atomic E-state index is 11.8. The number of ether oxygens (including phenoxy) is 1. The smallest absolute Gasteiger partial charge is 0.331 e. The average molecular weight is 398 g/mol. The molecule has 0 amide bonds. The number of hydrogen-bond acceptors (Lipinski definition) is 5. The lowest BCUT2D eigenvalue weighted by Gasteiger charge is -2.55. The molecule has 4 aliphatic rings. The highest BCUT2D eigenvalue weighted by molar-refractivity contribution is 5.96. The number of hydrogen-bond donors (Lipinski definition) is 0. The number of rotatable bonds is 2. The second-order valence-electron chi connectivity index (χ2n) is 9.56. The van der Waals surface area contributed by atoms with E-state index in [4.69, 9.17) is 16.0 Å². The molecule has 156 valence electrons. The lowest BCUT2D eigenvalue weighted by atomic mass is 9.50. The molecular formula is C24H31NO4. The van der Waals surface area contributed by atoms with Gasteiger partial charge in [0.2, 0.25) is 0 Å². The summed E-state index contributed by atoms with van der Waals surface area (Å²) in [6.07, 6.45) is 16.2. The zero-order valence-electron chi connectivity index (χ0n) is 17.7. The van der Waals surface area contributed by atoms with Crippen molar-refractivity contribution in [3.63, 3.8) is 0 Å². The van der Waals surface area contributed by atoms with Crippen LogP contribution in [0.4, 0.5) is 0 Å². The second kappa shape index (κ2) is 7.31. The van der Waals surface area contributed by atoms with Crippen molar-refractivity contribution in [2.45, 2.75) is 77.7 Å². The van der Waals surface area contributed by atoms with Gasteiger partial charge in [-0.05, 0) is 81.1 Å². The van der Waals surface area contributed by atoms with E-state index in [1.807, 2.05) is 0 Å². The first-order chi connectivity index (χ1) is 13.8. The van der Waals surface area contributed by atoms with Gasteiger partial charge in [-0.25, -0.2) is 4.79 Å². The Labute approximate surface area is 173 Å². The van der Waals surface area contributed by atoms with Gasteiger partial charge in [-0.15, -0.1) is 6.42 Å². The molecule has 5 nitrogen and oxygen atoms in total. The van der Waals surface area contributed by atoms with E-state index in [0.29, 0.717) is 23.7 Å². The molecule has 0 radical (unpaired) electrons. The van der Waals surface area contributed by atoms with Crippen LogP contribution in [0.3, 0.4) is 0 Å². The molecule has 6 atom stereocenters. The summed E-state index contributed by atoms with van der Waals surface area (Å²) in [5.41, 5.74) is 1.47. The molecule has 0 N–H and O–H groups in total. The third-order valence-electron chi connectivity index (χ3n) is 8.28. The Balaban J connectivity index is 1.56. The predicted molar refractivity (Wildman–Crippen MR) is 110 cm³/mol. The van der Waals surface area contributed by atoms with E-state index in [1.54, 1.807) is 0 Å². The summed E-state index contributed by atoms with van der Waals surface area (Å²) in [7, 11) is 0. The monoisotopic (exact) mass is 397 g/mol. The summed E-state index contributed by atoms with van der Waals surface area (Å²) >= 11 is 0. The van der Waals surface area contributed by atoms with Crippen LogP contribution < -0.4 is 0 Å². The van der Waals surface area contributed by atoms with Crippen molar-refractivity contribution in [3.8, 4) is 12.3 Å². The molecule has 0 heterocycles. The van der Waals surface area contributed by atoms with Gasteiger partial charge in [0.25, 0.3) is 0 Å². The minimum atomic E-state index is -0.749. The van der Waals surface area contributed by atoms with E-state index in [9.17, 15) is 9.59 Å². The Bertz CT molecular complexity index is 821. The molecule has 3 saturated carbocycles. The first-order valence-corrected chi connectivity index (χ1v) is 10.9. The lowest BCUT2D eigenvalue weighted by molar-refractivity contribution is -0.167. The molecule has 0 spiro atoms. The fourth-order valence-electron chi connectivity index (χ4n) is 7.07. The molecule has 0 unspecified atom stereocenters. The molecule has 3 fully saturated rings. The fraction of sp³-hybridized carbons (Fsp3) is 0.708. The third kappa shape index (κ3) is 3.21. The van der Waals surface area contributed by atoms with E-state index < -0.39 is 5.60 Å². The number of oxime groups is 1.